The summed E-state index contributed by atoms with van der Waals surface area (Å²) in [5, 5.41) is 5.75. The fourth-order valence-corrected chi connectivity index (χ4v) is 4.16. The van der Waals surface area contributed by atoms with Gasteiger partial charge in [0.25, 0.3) is 0 Å². The first-order valence-corrected chi connectivity index (χ1v) is 6.76. The van der Waals surface area contributed by atoms with Crippen molar-refractivity contribution in [1.82, 2.24) is 5.32 Å². The fraction of sp³-hybridized carbons (Fsp3) is 0.692. The summed E-state index contributed by atoms with van der Waals surface area (Å²) in [5.41, 5.74) is 1.93. The van der Waals surface area contributed by atoms with Gasteiger partial charge in [0, 0.05) is 10.9 Å². The van der Waals surface area contributed by atoms with Crippen molar-refractivity contribution in [3.8, 4) is 0 Å². The zero-order chi connectivity index (χ0) is 10.9. The first-order chi connectivity index (χ1) is 7.17. The molecule has 0 saturated heterocycles. The van der Waals surface area contributed by atoms with Gasteiger partial charge in [-0.15, -0.1) is 11.3 Å². The van der Waals surface area contributed by atoms with E-state index in [0.29, 0.717) is 11.5 Å². The maximum Gasteiger partial charge on any atom is 0.0469 e. The summed E-state index contributed by atoms with van der Waals surface area (Å²) in [6.07, 6.45) is 5.55. The average Bonchev–Trinajstić information content (AvgIpc) is 2.79. The van der Waals surface area contributed by atoms with Crippen LogP contribution in [0.2, 0.25) is 0 Å². The second-order valence-electron chi connectivity index (χ2n) is 5.05. The molecule has 0 radical (unpaired) electrons. The molecule has 0 aromatic carbocycles. The fourth-order valence-electron chi connectivity index (χ4n) is 2.95. The van der Waals surface area contributed by atoms with Crippen molar-refractivity contribution in [2.24, 2.45) is 5.41 Å². The third-order valence-electron chi connectivity index (χ3n) is 3.90. The van der Waals surface area contributed by atoms with Crippen molar-refractivity contribution < 1.29 is 0 Å². The van der Waals surface area contributed by atoms with Crippen LogP contribution in [-0.2, 0) is 0 Å². The van der Waals surface area contributed by atoms with E-state index in [9.17, 15) is 0 Å². The second-order valence-corrected chi connectivity index (χ2v) is 6.00. The van der Waals surface area contributed by atoms with Crippen molar-refractivity contribution in [1.29, 1.82) is 0 Å². The number of hydrogen-bond acceptors (Lipinski definition) is 2. The number of aryl methyl sites for hydroxylation is 1. The van der Waals surface area contributed by atoms with E-state index in [1.807, 2.05) is 11.3 Å². The van der Waals surface area contributed by atoms with Crippen LogP contribution < -0.4 is 5.32 Å². The molecule has 2 rings (SSSR count). The Morgan fingerprint density at radius 3 is 2.53 bits per heavy atom. The van der Waals surface area contributed by atoms with Gasteiger partial charge in [-0.3, -0.25) is 0 Å². The summed E-state index contributed by atoms with van der Waals surface area (Å²) in [6, 6.07) is 2.79. The first kappa shape index (κ1) is 11.2. The van der Waals surface area contributed by atoms with Gasteiger partial charge >= 0.3 is 0 Å². The Morgan fingerprint density at radius 2 is 2.07 bits per heavy atom. The summed E-state index contributed by atoms with van der Waals surface area (Å²) in [5.74, 6) is 0. The molecule has 1 aromatic heterocycles. The topological polar surface area (TPSA) is 12.0 Å². The molecule has 1 aromatic rings. The molecule has 1 fully saturated rings. The van der Waals surface area contributed by atoms with Gasteiger partial charge in [0.1, 0.15) is 0 Å². The van der Waals surface area contributed by atoms with Crippen LogP contribution >= 0.6 is 11.3 Å². The summed E-state index contributed by atoms with van der Waals surface area (Å²) >= 11 is 1.91. The lowest BCUT2D eigenvalue weighted by Gasteiger charge is -2.34. The van der Waals surface area contributed by atoms with E-state index in [-0.39, 0.29) is 0 Å². The lowest BCUT2D eigenvalue weighted by molar-refractivity contribution is 0.236. The largest absolute Gasteiger partial charge is 0.312 e. The average molecular weight is 223 g/mol. The van der Waals surface area contributed by atoms with E-state index < -0.39 is 0 Å². The minimum Gasteiger partial charge on any atom is -0.312 e. The van der Waals surface area contributed by atoms with Gasteiger partial charge in [0.05, 0.1) is 0 Å². The van der Waals surface area contributed by atoms with Crippen LogP contribution in [-0.4, -0.2) is 7.05 Å². The number of thiophene rings is 1. The predicted octanol–water partition coefficient (Wildman–Crippen LogP) is 3.90. The SMILES string of the molecule is CNC(c1sccc1C)C1(C)CCCC1. The molecule has 1 saturated carbocycles. The van der Waals surface area contributed by atoms with Crippen LogP contribution in [0.4, 0.5) is 0 Å². The van der Waals surface area contributed by atoms with Gasteiger partial charge in [-0.25, -0.2) is 0 Å². The molecule has 84 valence electrons. The first-order valence-electron chi connectivity index (χ1n) is 5.88. The molecule has 1 unspecified atom stereocenters. The Morgan fingerprint density at radius 1 is 1.40 bits per heavy atom. The smallest absolute Gasteiger partial charge is 0.0469 e. The Labute approximate surface area is 96.9 Å². The predicted molar refractivity (Wildman–Crippen MR) is 67.4 cm³/mol. The molecule has 0 spiro atoms. The number of rotatable bonds is 3. The van der Waals surface area contributed by atoms with Crippen LogP contribution in [0.15, 0.2) is 11.4 Å². The second kappa shape index (κ2) is 4.26. The molecule has 1 aliphatic carbocycles. The maximum absolute atomic E-state index is 3.54. The number of nitrogens with one attached hydrogen (secondary N) is 1. The van der Waals surface area contributed by atoms with Crippen molar-refractivity contribution in [2.45, 2.75) is 45.6 Å². The highest BCUT2D eigenvalue weighted by atomic mass is 32.1. The van der Waals surface area contributed by atoms with Gasteiger partial charge in [-0.2, -0.15) is 0 Å². The van der Waals surface area contributed by atoms with Gasteiger partial charge < -0.3 is 5.32 Å². The van der Waals surface area contributed by atoms with Crippen LogP contribution in [0.25, 0.3) is 0 Å². The highest BCUT2D eigenvalue weighted by Gasteiger charge is 2.37. The molecule has 1 nitrogen and oxygen atoms in total. The molecular formula is C13H21NS. The third kappa shape index (κ3) is 1.98. The van der Waals surface area contributed by atoms with Crippen LogP contribution in [0.3, 0.4) is 0 Å². The number of hydrogen-bond donors (Lipinski definition) is 1. The summed E-state index contributed by atoms with van der Waals surface area (Å²) < 4.78 is 0. The molecule has 0 bridgehead atoms. The van der Waals surface area contributed by atoms with Gasteiger partial charge in [0.2, 0.25) is 0 Å². The highest BCUT2D eigenvalue weighted by Crippen LogP contribution is 2.48. The molecule has 0 aliphatic heterocycles. The van der Waals surface area contributed by atoms with E-state index in [1.54, 1.807) is 4.88 Å². The Kier molecular flexibility index (Phi) is 3.17. The molecule has 1 heterocycles. The van der Waals surface area contributed by atoms with Crippen molar-refractivity contribution in [2.75, 3.05) is 7.05 Å². The third-order valence-corrected chi connectivity index (χ3v) is 4.98. The van der Waals surface area contributed by atoms with E-state index in [0.717, 1.165) is 0 Å². The van der Waals surface area contributed by atoms with E-state index in [2.05, 4.69) is 37.7 Å². The normalized spacial score (nSPS) is 21.8. The molecule has 2 heteroatoms. The van der Waals surface area contributed by atoms with Gasteiger partial charge in [-0.1, -0.05) is 19.8 Å². The minimum absolute atomic E-state index is 0.477. The van der Waals surface area contributed by atoms with Crippen molar-refractivity contribution in [3.05, 3.63) is 21.9 Å². The standard InChI is InChI=1S/C13H21NS/c1-10-6-9-15-11(10)12(14-3)13(2)7-4-5-8-13/h6,9,12,14H,4-5,7-8H2,1-3H3. The minimum atomic E-state index is 0.477. The molecule has 1 atom stereocenters. The zero-order valence-electron chi connectivity index (χ0n) is 9.97. The van der Waals surface area contributed by atoms with Crippen LogP contribution in [0.1, 0.15) is 49.1 Å². The molecule has 0 amide bonds. The van der Waals surface area contributed by atoms with E-state index in [1.165, 1.54) is 31.2 Å². The Bertz CT molecular complexity index is 323. The maximum atomic E-state index is 3.54. The monoisotopic (exact) mass is 223 g/mol. The summed E-state index contributed by atoms with van der Waals surface area (Å²) in [4.78, 5) is 1.54. The molecular weight excluding hydrogens is 202 g/mol. The van der Waals surface area contributed by atoms with Gasteiger partial charge in [0.15, 0.2) is 0 Å². The molecule has 1 N–H and O–H groups in total. The summed E-state index contributed by atoms with van der Waals surface area (Å²) in [7, 11) is 2.10. The van der Waals surface area contributed by atoms with E-state index >= 15 is 0 Å². The van der Waals surface area contributed by atoms with Crippen LogP contribution in [0, 0.1) is 12.3 Å². The lowest BCUT2D eigenvalue weighted by atomic mass is 9.79. The lowest BCUT2D eigenvalue weighted by Crippen LogP contribution is -2.32. The zero-order valence-corrected chi connectivity index (χ0v) is 10.8. The highest BCUT2D eigenvalue weighted by molar-refractivity contribution is 7.10. The Balaban J connectivity index is 2.27. The van der Waals surface area contributed by atoms with Crippen molar-refractivity contribution in [3.63, 3.8) is 0 Å². The molecule has 1 aliphatic rings. The molecule has 15 heavy (non-hydrogen) atoms. The van der Waals surface area contributed by atoms with E-state index in [4.69, 9.17) is 0 Å². The Hall–Kier alpha value is -0.340. The van der Waals surface area contributed by atoms with Crippen molar-refractivity contribution >= 4 is 11.3 Å². The summed E-state index contributed by atoms with van der Waals surface area (Å²) in [6.45, 7) is 4.68. The quantitative estimate of drug-likeness (QED) is 0.819. The van der Waals surface area contributed by atoms with Crippen LogP contribution in [0.5, 0.6) is 0 Å². The van der Waals surface area contributed by atoms with Gasteiger partial charge in [-0.05, 0) is 49.2 Å².